The van der Waals surface area contributed by atoms with Crippen LogP contribution in [0.1, 0.15) is 66.3 Å². The summed E-state index contributed by atoms with van der Waals surface area (Å²) in [5.74, 6) is 0.372. The maximum absolute atomic E-state index is 13.2. The maximum atomic E-state index is 13.2. The number of aryl methyl sites for hydroxylation is 2. The second kappa shape index (κ2) is 10.7. The largest absolute Gasteiger partial charge is 0.481 e. The molecule has 1 aromatic heterocycles. The lowest BCUT2D eigenvalue weighted by Crippen LogP contribution is -2.50. The number of nitrogens with zero attached hydrogens (tertiary/aromatic N) is 3. The molecule has 1 spiro atoms. The lowest BCUT2D eigenvalue weighted by atomic mass is 9.73. The molecule has 2 aliphatic heterocycles. The lowest BCUT2D eigenvalue weighted by Gasteiger charge is -2.44. The van der Waals surface area contributed by atoms with Crippen LogP contribution < -0.4 is 4.74 Å². The normalized spacial score (nSPS) is 21.0. The zero-order chi connectivity index (χ0) is 26.8. The highest BCUT2D eigenvalue weighted by atomic mass is 19.4. The molecular weight excluding hydrogens is 483 g/mol. The Kier molecular flexibility index (Phi) is 7.80. The number of ether oxygens (including phenoxy) is 1. The number of benzene rings is 1. The van der Waals surface area contributed by atoms with E-state index in [-0.39, 0.29) is 28.5 Å². The molecule has 3 heterocycles. The standard InChI is InChI=1S/C28H34F3N3O3/c1-19-22(11-12-24(32-19)28(29,30)31)26(36)34-16-14-27(15-17-34)13-7-6-9-21-8-4-5-10-23(21)37-20(2)25(35)33(3)18-27/h4-5,8,10-12,20H,6-7,9,13-18H2,1-3H3/t20-/m1/s1. The summed E-state index contributed by atoms with van der Waals surface area (Å²) in [6.45, 7) is 4.74. The minimum Gasteiger partial charge on any atom is -0.481 e. The van der Waals surface area contributed by atoms with Crippen LogP contribution in [0.25, 0.3) is 0 Å². The molecule has 0 saturated carbocycles. The number of carbonyl (C=O) groups is 2. The first-order valence-corrected chi connectivity index (χ1v) is 12.8. The number of rotatable bonds is 1. The molecule has 2 aromatic rings. The summed E-state index contributed by atoms with van der Waals surface area (Å²) in [6, 6.07) is 9.93. The van der Waals surface area contributed by atoms with Gasteiger partial charge in [0.25, 0.3) is 11.8 Å². The highest BCUT2D eigenvalue weighted by Crippen LogP contribution is 2.39. The van der Waals surface area contributed by atoms with Gasteiger partial charge in [0.2, 0.25) is 0 Å². The molecule has 1 aromatic carbocycles. The smallest absolute Gasteiger partial charge is 0.433 e. The van der Waals surface area contributed by atoms with Gasteiger partial charge in [-0.2, -0.15) is 13.2 Å². The van der Waals surface area contributed by atoms with Gasteiger partial charge in [-0.05, 0) is 75.1 Å². The molecule has 1 saturated heterocycles. The lowest BCUT2D eigenvalue weighted by molar-refractivity contribution is -0.141. The zero-order valence-electron chi connectivity index (χ0n) is 21.6. The molecule has 0 radical (unpaired) electrons. The Morgan fingerprint density at radius 3 is 2.46 bits per heavy atom. The molecule has 200 valence electrons. The number of alkyl halides is 3. The van der Waals surface area contributed by atoms with Gasteiger partial charge < -0.3 is 14.5 Å². The van der Waals surface area contributed by atoms with Crippen LogP contribution in [0.3, 0.4) is 0 Å². The summed E-state index contributed by atoms with van der Waals surface area (Å²) in [5.41, 5.74) is 0.235. The summed E-state index contributed by atoms with van der Waals surface area (Å²) < 4.78 is 45.0. The number of hydrogen-bond donors (Lipinski definition) is 0. The van der Waals surface area contributed by atoms with Crippen LogP contribution in [0.15, 0.2) is 36.4 Å². The third kappa shape index (κ3) is 6.08. The molecule has 1 atom stereocenters. The number of carbonyl (C=O) groups excluding carboxylic acids is 2. The van der Waals surface area contributed by atoms with Crippen LogP contribution >= 0.6 is 0 Å². The van der Waals surface area contributed by atoms with Crippen LogP contribution in [-0.4, -0.2) is 59.4 Å². The highest BCUT2D eigenvalue weighted by molar-refractivity contribution is 5.95. The van der Waals surface area contributed by atoms with Crippen LogP contribution in [-0.2, 0) is 17.4 Å². The summed E-state index contributed by atoms with van der Waals surface area (Å²) in [5, 5.41) is 0. The minimum atomic E-state index is -4.55. The fourth-order valence-corrected chi connectivity index (χ4v) is 5.56. The molecule has 0 bridgehead atoms. The Hall–Kier alpha value is -3.10. The molecule has 1 fully saturated rings. The topological polar surface area (TPSA) is 62.7 Å². The molecule has 9 heteroatoms. The minimum absolute atomic E-state index is 0.0747. The van der Waals surface area contributed by atoms with E-state index in [1.807, 2.05) is 24.3 Å². The predicted octanol–water partition coefficient (Wildman–Crippen LogP) is 5.28. The van der Waals surface area contributed by atoms with Crippen molar-refractivity contribution < 1.29 is 27.5 Å². The van der Waals surface area contributed by atoms with Crippen molar-refractivity contribution in [1.82, 2.24) is 14.8 Å². The SMILES string of the molecule is Cc1nc(C(F)(F)F)ccc1C(=O)N1CCC2(CCCCc3ccccc3O[C@H](C)C(=O)N(C)C2)CC1. The summed E-state index contributed by atoms with van der Waals surface area (Å²) in [4.78, 5) is 33.4. The summed E-state index contributed by atoms with van der Waals surface area (Å²) in [6.07, 6.45) is 0.0590. The Bertz CT molecular complexity index is 1140. The van der Waals surface area contributed by atoms with Gasteiger partial charge in [0.15, 0.2) is 6.10 Å². The van der Waals surface area contributed by atoms with Gasteiger partial charge in [-0.3, -0.25) is 9.59 Å². The van der Waals surface area contributed by atoms with E-state index in [2.05, 4.69) is 4.98 Å². The van der Waals surface area contributed by atoms with Gasteiger partial charge in [0.05, 0.1) is 11.3 Å². The van der Waals surface area contributed by atoms with Crippen LogP contribution in [0.4, 0.5) is 13.2 Å². The van der Waals surface area contributed by atoms with E-state index < -0.39 is 18.0 Å². The van der Waals surface area contributed by atoms with E-state index in [1.165, 1.54) is 13.0 Å². The first kappa shape index (κ1) is 26.9. The second-order valence-corrected chi connectivity index (χ2v) is 10.4. The van der Waals surface area contributed by atoms with Gasteiger partial charge in [0, 0.05) is 26.7 Å². The van der Waals surface area contributed by atoms with Gasteiger partial charge in [0.1, 0.15) is 11.4 Å². The Labute approximate surface area is 215 Å². The van der Waals surface area contributed by atoms with E-state index >= 15 is 0 Å². The average Bonchev–Trinajstić information content (AvgIpc) is 2.86. The molecular formula is C28H34F3N3O3. The number of fused-ring (bicyclic) bond motifs is 1. The van der Waals surface area contributed by atoms with Crippen LogP contribution in [0.2, 0.25) is 0 Å². The van der Waals surface area contributed by atoms with Crippen molar-refractivity contribution in [3.05, 3.63) is 58.9 Å². The quantitative estimate of drug-likeness (QED) is 0.516. The van der Waals surface area contributed by atoms with Crippen molar-refractivity contribution in [2.45, 2.75) is 64.7 Å². The number of para-hydroxylation sites is 1. The van der Waals surface area contributed by atoms with Crippen molar-refractivity contribution in [3.8, 4) is 5.75 Å². The Morgan fingerprint density at radius 2 is 1.78 bits per heavy atom. The van der Waals surface area contributed by atoms with Crippen molar-refractivity contribution >= 4 is 11.8 Å². The van der Waals surface area contributed by atoms with E-state index in [0.717, 1.165) is 55.9 Å². The third-order valence-corrected chi connectivity index (χ3v) is 7.69. The number of likely N-dealkylation sites (N-methyl/N-ethyl adjacent to an activating group) is 1. The number of halogens is 3. The van der Waals surface area contributed by atoms with Crippen LogP contribution in [0, 0.1) is 12.3 Å². The number of aromatic nitrogens is 1. The Balaban J connectivity index is 1.47. The molecule has 0 aliphatic carbocycles. The monoisotopic (exact) mass is 517 g/mol. The molecule has 37 heavy (non-hydrogen) atoms. The molecule has 0 unspecified atom stereocenters. The van der Waals surface area contributed by atoms with Crippen molar-refractivity contribution in [3.63, 3.8) is 0 Å². The first-order valence-electron chi connectivity index (χ1n) is 12.8. The third-order valence-electron chi connectivity index (χ3n) is 7.69. The van der Waals surface area contributed by atoms with E-state index in [1.54, 1.807) is 23.8 Å². The number of hydrogen-bond acceptors (Lipinski definition) is 4. The van der Waals surface area contributed by atoms with E-state index in [0.29, 0.717) is 19.6 Å². The van der Waals surface area contributed by atoms with Gasteiger partial charge in [-0.1, -0.05) is 24.6 Å². The highest BCUT2D eigenvalue weighted by Gasteiger charge is 2.39. The fourth-order valence-electron chi connectivity index (χ4n) is 5.56. The zero-order valence-corrected chi connectivity index (χ0v) is 21.6. The number of likely N-dealkylation sites (tertiary alicyclic amines) is 1. The van der Waals surface area contributed by atoms with Crippen molar-refractivity contribution in [2.75, 3.05) is 26.7 Å². The van der Waals surface area contributed by atoms with Crippen molar-refractivity contribution in [2.24, 2.45) is 5.41 Å². The maximum Gasteiger partial charge on any atom is 0.433 e. The first-order chi connectivity index (χ1) is 17.5. The average molecular weight is 518 g/mol. The number of pyridine rings is 1. The molecule has 0 N–H and O–H groups in total. The fraction of sp³-hybridized carbons (Fsp3) is 0.536. The molecule has 2 aliphatic rings. The molecule has 4 rings (SSSR count). The number of piperidine rings is 1. The van der Waals surface area contributed by atoms with Gasteiger partial charge in [-0.15, -0.1) is 0 Å². The second-order valence-electron chi connectivity index (χ2n) is 10.4. The summed E-state index contributed by atoms with van der Waals surface area (Å²) >= 11 is 0. The molecule has 6 nitrogen and oxygen atoms in total. The summed E-state index contributed by atoms with van der Waals surface area (Å²) in [7, 11) is 1.80. The molecule has 2 amide bonds. The van der Waals surface area contributed by atoms with Gasteiger partial charge in [-0.25, -0.2) is 4.98 Å². The number of amides is 2. The van der Waals surface area contributed by atoms with Crippen molar-refractivity contribution in [1.29, 1.82) is 0 Å². The Morgan fingerprint density at radius 1 is 1.08 bits per heavy atom. The van der Waals surface area contributed by atoms with Gasteiger partial charge >= 0.3 is 6.18 Å². The van der Waals surface area contributed by atoms with E-state index in [9.17, 15) is 22.8 Å². The van der Waals surface area contributed by atoms with E-state index in [4.69, 9.17) is 4.74 Å². The van der Waals surface area contributed by atoms with Crippen LogP contribution in [0.5, 0.6) is 5.75 Å². The predicted molar refractivity (Wildman–Crippen MR) is 133 cm³/mol.